The monoisotopic (exact) mass is 475 g/mol. The fourth-order valence-corrected chi connectivity index (χ4v) is 4.51. The van der Waals surface area contributed by atoms with Crippen molar-refractivity contribution in [1.82, 2.24) is 15.1 Å². The van der Waals surface area contributed by atoms with E-state index in [0.29, 0.717) is 13.0 Å². The first-order valence-electron chi connectivity index (χ1n) is 11.2. The molecule has 4 atom stereocenters. The predicted molar refractivity (Wildman–Crippen MR) is 120 cm³/mol. The molecule has 2 saturated heterocycles. The van der Waals surface area contributed by atoms with Gasteiger partial charge in [0.15, 0.2) is 0 Å². The van der Waals surface area contributed by atoms with Gasteiger partial charge in [0.25, 0.3) is 0 Å². The van der Waals surface area contributed by atoms with Gasteiger partial charge in [0.05, 0.1) is 25.8 Å². The highest BCUT2D eigenvalue weighted by Gasteiger charge is 2.44. The van der Waals surface area contributed by atoms with E-state index in [1.54, 1.807) is 20.8 Å². The Labute approximate surface area is 190 Å². The van der Waals surface area contributed by atoms with Crippen molar-refractivity contribution in [2.45, 2.75) is 89.2 Å². The molecular formula is C21H38FN3O6Si. The quantitative estimate of drug-likeness (QED) is 0.571. The fourth-order valence-electron chi connectivity index (χ4n) is 3.80. The van der Waals surface area contributed by atoms with Crippen molar-refractivity contribution in [2.24, 2.45) is 0 Å². The lowest BCUT2D eigenvalue weighted by atomic mass is 10.1. The molecule has 2 aliphatic heterocycles. The molecule has 0 unspecified atom stereocenters. The average Bonchev–Trinajstić information content (AvgIpc) is 3.22. The lowest BCUT2D eigenvalue weighted by molar-refractivity contribution is -0.126. The number of ether oxygens (including phenoxy) is 2. The third-order valence-electron chi connectivity index (χ3n) is 5.46. The molecule has 0 bridgehead atoms. The van der Waals surface area contributed by atoms with E-state index in [2.05, 4.69) is 25.0 Å². The van der Waals surface area contributed by atoms with Gasteiger partial charge < -0.3 is 24.8 Å². The van der Waals surface area contributed by atoms with Crippen molar-refractivity contribution in [1.29, 1.82) is 0 Å². The third kappa shape index (κ3) is 7.61. The number of amides is 3. The van der Waals surface area contributed by atoms with E-state index in [-0.39, 0.29) is 26.1 Å². The summed E-state index contributed by atoms with van der Waals surface area (Å²) >= 11 is 0. The van der Waals surface area contributed by atoms with E-state index in [1.165, 1.54) is 4.90 Å². The zero-order chi connectivity index (χ0) is 24.3. The number of nitrogens with zero attached hydrogens (tertiary/aromatic N) is 2. The summed E-state index contributed by atoms with van der Waals surface area (Å²) in [5.74, 6) is -0.494. The molecule has 2 rings (SSSR count). The van der Waals surface area contributed by atoms with E-state index in [9.17, 15) is 23.9 Å². The number of aliphatic hydroxyl groups is 1. The minimum absolute atomic E-state index is 0.107. The van der Waals surface area contributed by atoms with Crippen LogP contribution in [0.15, 0.2) is 0 Å². The number of carbonyl (C=O) groups is 3. The van der Waals surface area contributed by atoms with E-state index in [4.69, 9.17) is 9.47 Å². The molecule has 0 aromatic carbocycles. The highest BCUT2D eigenvalue weighted by molar-refractivity contribution is 6.76. The van der Waals surface area contributed by atoms with E-state index < -0.39 is 56.1 Å². The van der Waals surface area contributed by atoms with E-state index in [0.717, 1.165) is 10.9 Å². The zero-order valence-electron chi connectivity index (χ0n) is 20.0. The van der Waals surface area contributed by atoms with Gasteiger partial charge in [0, 0.05) is 27.1 Å². The number of likely N-dealkylation sites (tertiary alicyclic amines) is 2. The number of nitrogens with one attached hydrogen (secondary N) is 1. The Bertz CT molecular complexity index is 696. The Morgan fingerprint density at radius 3 is 2.31 bits per heavy atom. The number of alkyl halides is 1. The summed E-state index contributed by atoms with van der Waals surface area (Å²) in [6.45, 7) is 11.7. The molecule has 184 valence electrons. The van der Waals surface area contributed by atoms with Crippen molar-refractivity contribution >= 4 is 26.2 Å². The van der Waals surface area contributed by atoms with Gasteiger partial charge in [-0.1, -0.05) is 19.6 Å². The summed E-state index contributed by atoms with van der Waals surface area (Å²) < 4.78 is 24.7. The molecule has 0 aliphatic carbocycles. The van der Waals surface area contributed by atoms with Crippen molar-refractivity contribution in [3.63, 3.8) is 0 Å². The summed E-state index contributed by atoms with van der Waals surface area (Å²) in [5.41, 5.74) is -0.761. The Kier molecular flexibility index (Phi) is 8.54. The minimum atomic E-state index is -1.35. The Morgan fingerprint density at radius 1 is 1.09 bits per heavy atom. The number of halogens is 1. The van der Waals surface area contributed by atoms with Crippen LogP contribution in [0.1, 0.15) is 33.6 Å². The SMILES string of the molecule is CC(C)(C)OC(=O)N1C[C@@H](F)C[C@H]1C(=O)N[C@@H]1C[C@H](CO)N(C(=O)OCC[Si](C)(C)C)C1. The molecule has 2 heterocycles. The highest BCUT2D eigenvalue weighted by Crippen LogP contribution is 2.25. The van der Waals surface area contributed by atoms with Crippen LogP contribution in [0, 0.1) is 0 Å². The number of hydrogen-bond donors (Lipinski definition) is 2. The molecule has 0 spiro atoms. The number of rotatable bonds is 6. The van der Waals surface area contributed by atoms with Gasteiger partial charge in [0.1, 0.15) is 17.8 Å². The molecule has 11 heteroatoms. The molecule has 0 aromatic heterocycles. The number of aliphatic hydroxyl groups excluding tert-OH is 1. The Hall–Kier alpha value is -1.88. The molecular weight excluding hydrogens is 437 g/mol. The van der Waals surface area contributed by atoms with Crippen molar-refractivity contribution in [3.05, 3.63) is 0 Å². The van der Waals surface area contributed by atoms with Crippen LogP contribution in [0.25, 0.3) is 0 Å². The molecule has 9 nitrogen and oxygen atoms in total. The largest absolute Gasteiger partial charge is 0.450 e. The van der Waals surface area contributed by atoms with Gasteiger partial charge in [-0.05, 0) is 33.2 Å². The maximum absolute atomic E-state index is 14.0. The maximum atomic E-state index is 14.0. The van der Waals surface area contributed by atoms with Crippen LogP contribution in [0.5, 0.6) is 0 Å². The molecule has 0 radical (unpaired) electrons. The molecule has 2 aliphatic rings. The third-order valence-corrected chi connectivity index (χ3v) is 7.17. The van der Waals surface area contributed by atoms with Crippen LogP contribution in [0.4, 0.5) is 14.0 Å². The maximum Gasteiger partial charge on any atom is 0.411 e. The first-order valence-corrected chi connectivity index (χ1v) is 14.9. The topological polar surface area (TPSA) is 108 Å². The van der Waals surface area contributed by atoms with Gasteiger partial charge in [-0.15, -0.1) is 0 Å². The predicted octanol–water partition coefficient (Wildman–Crippen LogP) is 2.36. The second kappa shape index (κ2) is 10.4. The second-order valence-electron chi connectivity index (χ2n) is 10.8. The summed E-state index contributed by atoms with van der Waals surface area (Å²) in [6, 6.07) is -1.05. The van der Waals surface area contributed by atoms with Gasteiger partial charge in [0.2, 0.25) is 5.91 Å². The molecule has 0 aromatic rings. The van der Waals surface area contributed by atoms with Crippen molar-refractivity contribution < 1.29 is 33.4 Å². The molecule has 2 N–H and O–H groups in total. The van der Waals surface area contributed by atoms with Crippen LogP contribution in [0.3, 0.4) is 0 Å². The zero-order valence-corrected chi connectivity index (χ0v) is 21.0. The molecule has 32 heavy (non-hydrogen) atoms. The van der Waals surface area contributed by atoms with Gasteiger partial charge in [-0.25, -0.2) is 14.0 Å². The number of hydrogen-bond acceptors (Lipinski definition) is 6. The molecule has 0 saturated carbocycles. The standard InChI is InChI=1S/C21H38FN3O6Si/c1-21(2,3)31-20(29)25-11-14(22)9-17(25)18(27)23-15-10-16(13-26)24(12-15)19(28)30-7-8-32(4,5)6/h14-17,26H,7-13H2,1-6H3,(H,23,27)/t14-,15+,16+,17-/m0/s1. The van der Waals surface area contributed by atoms with Crippen molar-refractivity contribution in [3.8, 4) is 0 Å². The van der Waals surface area contributed by atoms with Crippen LogP contribution in [0.2, 0.25) is 25.7 Å². The van der Waals surface area contributed by atoms with E-state index >= 15 is 0 Å². The summed E-state index contributed by atoms with van der Waals surface area (Å²) in [6.07, 6.45) is -2.32. The van der Waals surface area contributed by atoms with E-state index in [1.807, 2.05) is 0 Å². The van der Waals surface area contributed by atoms with Crippen molar-refractivity contribution in [2.75, 3.05) is 26.3 Å². The van der Waals surface area contributed by atoms with Gasteiger partial charge in [-0.3, -0.25) is 9.69 Å². The lowest BCUT2D eigenvalue weighted by Crippen LogP contribution is -2.50. The first kappa shape index (κ1) is 26.4. The van der Waals surface area contributed by atoms with Gasteiger partial charge in [-0.2, -0.15) is 0 Å². The normalized spacial score (nSPS) is 26.2. The minimum Gasteiger partial charge on any atom is -0.450 e. The number of carbonyl (C=O) groups excluding carboxylic acids is 3. The van der Waals surface area contributed by atoms with Crippen LogP contribution in [-0.2, 0) is 14.3 Å². The fraction of sp³-hybridized carbons (Fsp3) is 0.857. The molecule has 2 fully saturated rings. The van der Waals surface area contributed by atoms with Crippen LogP contribution in [-0.4, -0.2) is 97.3 Å². The smallest absolute Gasteiger partial charge is 0.411 e. The summed E-state index contributed by atoms with van der Waals surface area (Å²) in [4.78, 5) is 40.3. The van der Waals surface area contributed by atoms with Crippen LogP contribution < -0.4 is 5.32 Å². The van der Waals surface area contributed by atoms with Crippen LogP contribution >= 0.6 is 0 Å². The highest BCUT2D eigenvalue weighted by atomic mass is 28.3. The lowest BCUT2D eigenvalue weighted by Gasteiger charge is -2.28. The summed E-state index contributed by atoms with van der Waals surface area (Å²) in [5, 5.41) is 12.5. The molecule has 3 amide bonds. The Morgan fingerprint density at radius 2 is 1.75 bits per heavy atom. The van der Waals surface area contributed by atoms with Gasteiger partial charge >= 0.3 is 12.2 Å². The average molecular weight is 476 g/mol. The Balaban J connectivity index is 1.95. The first-order chi connectivity index (χ1) is 14.7. The second-order valence-corrected chi connectivity index (χ2v) is 16.5. The summed E-state index contributed by atoms with van der Waals surface area (Å²) in [7, 11) is -1.35.